The molecular formula is C14H24N2O2S. The second-order valence-corrected chi connectivity index (χ2v) is 7.72. The molecule has 108 valence electrons. The van der Waals surface area contributed by atoms with Crippen molar-refractivity contribution in [3.05, 3.63) is 20.7 Å². The summed E-state index contributed by atoms with van der Waals surface area (Å²) in [6.45, 7) is 12.4. The zero-order valence-electron chi connectivity index (χ0n) is 12.7. The van der Waals surface area contributed by atoms with E-state index in [1.54, 1.807) is 5.38 Å². The van der Waals surface area contributed by atoms with E-state index >= 15 is 0 Å². The van der Waals surface area contributed by atoms with Gasteiger partial charge in [-0.05, 0) is 32.6 Å². The third-order valence-corrected chi connectivity index (χ3v) is 3.61. The normalized spacial score (nSPS) is 12.5. The summed E-state index contributed by atoms with van der Waals surface area (Å²) < 4.78 is 1.51. The molecule has 0 aliphatic carbocycles. The minimum Gasteiger partial charge on any atom is -0.350 e. The van der Waals surface area contributed by atoms with Gasteiger partial charge in [-0.25, -0.2) is 0 Å². The standard InChI is InChI=1S/C14H24N2O2S/c1-10-8-19-12(18)16(10)7-11(17)15-14(5,6)9-13(2,3)4/h8H,7,9H2,1-6H3,(H,15,17). The number of carbonyl (C=O) groups excluding carboxylic acids is 1. The highest BCUT2D eigenvalue weighted by Crippen LogP contribution is 2.26. The fraction of sp³-hybridized carbons (Fsp3) is 0.714. The molecule has 0 spiro atoms. The Balaban J connectivity index is 2.68. The quantitative estimate of drug-likeness (QED) is 0.923. The van der Waals surface area contributed by atoms with Crippen LogP contribution < -0.4 is 10.2 Å². The molecule has 0 radical (unpaired) electrons. The molecule has 0 unspecified atom stereocenters. The van der Waals surface area contributed by atoms with E-state index < -0.39 is 0 Å². The number of rotatable bonds is 4. The Hall–Kier alpha value is -1.10. The molecule has 1 heterocycles. The van der Waals surface area contributed by atoms with Crippen LogP contribution in [-0.4, -0.2) is 16.0 Å². The Morgan fingerprint density at radius 2 is 1.89 bits per heavy atom. The Labute approximate surface area is 118 Å². The summed E-state index contributed by atoms with van der Waals surface area (Å²) in [6.07, 6.45) is 0.878. The molecule has 1 N–H and O–H groups in total. The lowest BCUT2D eigenvalue weighted by Gasteiger charge is -2.33. The summed E-state index contributed by atoms with van der Waals surface area (Å²) >= 11 is 1.13. The van der Waals surface area contributed by atoms with Gasteiger partial charge in [0.25, 0.3) is 0 Å². The van der Waals surface area contributed by atoms with Crippen LogP contribution in [0.25, 0.3) is 0 Å². The van der Waals surface area contributed by atoms with Gasteiger partial charge in [0, 0.05) is 16.6 Å². The van der Waals surface area contributed by atoms with Crippen LogP contribution in [0.1, 0.15) is 46.7 Å². The molecule has 4 nitrogen and oxygen atoms in total. The zero-order chi connectivity index (χ0) is 14.8. The minimum absolute atomic E-state index is 0.0822. The molecule has 0 aliphatic rings. The van der Waals surface area contributed by atoms with Gasteiger partial charge in [0.1, 0.15) is 6.54 Å². The molecule has 1 rings (SSSR count). The topological polar surface area (TPSA) is 51.1 Å². The Morgan fingerprint density at radius 1 is 1.32 bits per heavy atom. The average molecular weight is 284 g/mol. The molecule has 1 amide bonds. The van der Waals surface area contributed by atoms with Crippen LogP contribution in [0.2, 0.25) is 0 Å². The van der Waals surface area contributed by atoms with Crippen molar-refractivity contribution in [3.8, 4) is 0 Å². The number of carbonyl (C=O) groups is 1. The lowest BCUT2D eigenvalue weighted by molar-refractivity contribution is -0.123. The van der Waals surface area contributed by atoms with Crippen molar-refractivity contribution in [1.29, 1.82) is 0 Å². The van der Waals surface area contributed by atoms with E-state index in [1.807, 2.05) is 20.8 Å². The first kappa shape index (κ1) is 16.0. The molecule has 19 heavy (non-hydrogen) atoms. The molecule has 0 fully saturated rings. The van der Waals surface area contributed by atoms with Crippen LogP contribution >= 0.6 is 11.3 Å². The Morgan fingerprint density at radius 3 is 2.32 bits per heavy atom. The van der Waals surface area contributed by atoms with E-state index in [2.05, 4.69) is 26.1 Å². The van der Waals surface area contributed by atoms with Crippen molar-refractivity contribution < 1.29 is 4.79 Å². The van der Waals surface area contributed by atoms with Gasteiger partial charge < -0.3 is 5.32 Å². The maximum atomic E-state index is 12.1. The summed E-state index contributed by atoms with van der Waals surface area (Å²) in [6, 6.07) is 0. The van der Waals surface area contributed by atoms with Gasteiger partial charge in [-0.15, -0.1) is 0 Å². The predicted octanol–water partition coefficient (Wildman–Crippen LogP) is 2.55. The van der Waals surface area contributed by atoms with Gasteiger partial charge in [-0.3, -0.25) is 14.2 Å². The Bertz CT molecular complexity index is 506. The van der Waals surface area contributed by atoms with Gasteiger partial charge >= 0.3 is 4.87 Å². The van der Waals surface area contributed by atoms with E-state index in [4.69, 9.17) is 0 Å². The van der Waals surface area contributed by atoms with Crippen LogP contribution in [0, 0.1) is 12.3 Å². The molecule has 1 aromatic rings. The first-order valence-corrected chi connectivity index (χ1v) is 7.34. The lowest BCUT2D eigenvalue weighted by Crippen LogP contribution is -2.47. The highest BCUT2D eigenvalue weighted by Gasteiger charge is 2.27. The third kappa shape index (κ3) is 5.19. The van der Waals surface area contributed by atoms with E-state index in [0.29, 0.717) is 0 Å². The van der Waals surface area contributed by atoms with E-state index in [1.165, 1.54) is 4.57 Å². The zero-order valence-corrected chi connectivity index (χ0v) is 13.5. The molecule has 0 aromatic carbocycles. The predicted molar refractivity (Wildman–Crippen MR) is 79.6 cm³/mol. The summed E-state index contributed by atoms with van der Waals surface area (Å²) in [4.78, 5) is 23.5. The molecule has 0 aliphatic heterocycles. The van der Waals surface area contributed by atoms with Crippen LogP contribution in [0.5, 0.6) is 0 Å². The van der Waals surface area contributed by atoms with Crippen molar-refractivity contribution in [1.82, 2.24) is 9.88 Å². The summed E-state index contributed by atoms with van der Waals surface area (Å²) in [5.74, 6) is -0.113. The maximum Gasteiger partial charge on any atom is 0.307 e. The number of hydrogen-bond donors (Lipinski definition) is 1. The van der Waals surface area contributed by atoms with Gasteiger partial charge in [0.15, 0.2) is 0 Å². The molecule has 5 heteroatoms. The van der Waals surface area contributed by atoms with E-state index in [0.717, 1.165) is 23.5 Å². The number of nitrogens with zero attached hydrogens (tertiary/aromatic N) is 1. The number of amides is 1. The number of hydrogen-bond acceptors (Lipinski definition) is 3. The highest BCUT2D eigenvalue weighted by molar-refractivity contribution is 7.07. The lowest BCUT2D eigenvalue weighted by atomic mass is 9.82. The molecule has 0 saturated heterocycles. The molecule has 0 bridgehead atoms. The number of nitrogens with one attached hydrogen (secondary N) is 1. The average Bonchev–Trinajstić information content (AvgIpc) is 2.44. The van der Waals surface area contributed by atoms with Crippen molar-refractivity contribution in [2.75, 3.05) is 0 Å². The van der Waals surface area contributed by atoms with Crippen molar-refractivity contribution in [3.63, 3.8) is 0 Å². The van der Waals surface area contributed by atoms with Gasteiger partial charge in [0.2, 0.25) is 5.91 Å². The molecule has 0 saturated carbocycles. The third-order valence-electron chi connectivity index (χ3n) is 2.73. The smallest absolute Gasteiger partial charge is 0.307 e. The van der Waals surface area contributed by atoms with Crippen LogP contribution in [0.15, 0.2) is 10.2 Å². The minimum atomic E-state index is -0.275. The SMILES string of the molecule is Cc1csc(=O)n1CC(=O)NC(C)(C)CC(C)(C)C. The van der Waals surface area contributed by atoms with Crippen LogP contribution in [0.3, 0.4) is 0 Å². The van der Waals surface area contributed by atoms with E-state index in [-0.39, 0.29) is 28.3 Å². The summed E-state index contributed by atoms with van der Waals surface area (Å²) in [5.41, 5.74) is 0.702. The van der Waals surface area contributed by atoms with Gasteiger partial charge in [-0.2, -0.15) is 0 Å². The Kier molecular flexibility index (Phi) is 4.61. The van der Waals surface area contributed by atoms with Gasteiger partial charge in [-0.1, -0.05) is 32.1 Å². The first-order valence-electron chi connectivity index (χ1n) is 6.46. The first-order chi connectivity index (χ1) is 8.50. The van der Waals surface area contributed by atoms with E-state index in [9.17, 15) is 9.59 Å². The second-order valence-electron chi connectivity index (χ2n) is 6.90. The molecule has 1 aromatic heterocycles. The van der Waals surface area contributed by atoms with Crippen LogP contribution in [0.4, 0.5) is 0 Å². The highest BCUT2D eigenvalue weighted by atomic mass is 32.1. The fourth-order valence-electron chi connectivity index (χ4n) is 2.53. The summed E-state index contributed by atoms with van der Waals surface area (Å²) in [5, 5.41) is 4.79. The van der Waals surface area contributed by atoms with Crippen molar-refractivity contribution >= 4 is 17.2 Å². The van der Waals surface area contributed by atoms with Crippen molar-refractivity contribution in [2.45, 2.75) is 60.0 Å². The molecular weight excluding hydrogens is 260 g/mol. The maximum absolute atomic E-state index is 12.1. The number of thiazole rings is 1. The largest absolute Gasteiger partial charge is 0.350 e. The van der Waals surface area contributed by atoms with Crippen molar-refractivity contribution in [2.24, 2.45) is 5.41 Å². The monoisotopic (exact) mass is 284 g/mol. The van der Waals surface area contributed by atoms with Crippen LogP contribution in [-0.2, 0) is 11.3 Å². The fourth-order valence-corrected chi connectivity index (χ4v) is 3.26. The summed E-state index contributed by atoms with van der Waals surface area (Å²) in [7, 11) is 0. The number of aryl methyl sites for hydroxylation is 1. The second kappa shape index (κ2) is 5.49. The number of aromatic nitrogens is 1. The van der Waals surface area contributed by atoms with Gasteiger partial charge in [0.05, 0.1) is 0 Å². The molecule has 0 atom stereocenters.